The first kappa shape index (κ1) is 22.7. The van der Waals surface area contributed by atoms with Crippen LogP contribution in [0.3, 0.4) is 0 Å². The maximum absolute atomic E-state index is 11.6. The van der Waals surface area contributed by atoms with Crippen molar-refractivity contribution < 1.29 is 49.3 Å². The zero-order valence-electron chi connectivity index (χ0n) is 12.6. The van der Waals surface area contributed by atoms with E-state index in [0.717, 1.165) is 12.7 Å². The van der Waals surface area contributed by atoms with E-state index in [2.05, 4.69) is 45.2 Å². The standard InChI is InChI=1S/C15H12I3NO4.Na/c16-8-5-7(6-9(19)15(21)22)1-3-11(8)23-12-4-2-10(20)13(17)14(12)18;/h1-5,9,20H,6,19H2,(H,21,22);/q;+1/p-1/t9-;/m0./s1. The zero-order chi connectivity index (χ0) is 17.1. The molecule has 9 heteroatoms. The Morgan fingerprint density at radius 1 is 1.17 bits per heavy atom. The molecule has 0 amide bonds. The van der Waals surface area contributed by atoms with Gasteiger partial charge in [0.1, 0.15) is 17.5 Å². The maximum atomic E-state index is 11.6. The summed E-state index contributed by atoms with van der Waals surface area (Å²) >= 11 is 6.21. The number of hydrogen-bond donors (Lipinski definition) is 2. The van der Waals surface area contributed by atoms with E-state index in [1.54, 1.807) is 18.2 Å². The summed E-state index contributed by atoms with van der Waals surface area (Å²) in [6.45, 7) is 0. The second-order valence-electron chi connectivity index (χ2n) is 4.71. The quantitative estimate of drug-likeness (QED) is 0.353. The minimum Gasteiger partial charge on any atom is -0.872 e. The van der Waals surface area contributed by atoms with Gasteiger partial charge in [-0.25, -0.2) is 0 Å². The van der Waals surface area contributed by atoms with E-state index >= 15 is 0 Å². The van der Waals surface area contributed by atoms with E-state index in [0.29, 0.717) is 15.1 Å². The minimum atomic E-state index is -1.03. The molecule has 0 aliphatic carbocycles. The Bertz CT molecular complexity index is 758. The van der Waals surface area contributed by atoms with E-state index in [-0.39, 0.29) is 41.7 Å². The van der Waals surface area contributed by atoms with Crippen LogP contribution in [0, 0.1) is 10.7 Å². The van der Waals surface area contributed by atoms with Crippen LogP contribution in [-0.2, 0) is 11.2 Å². The Morgan fingerprint density at radius 3 is 2.38 bits per heavy atom. The van der Waals surface area contributed by atoms with Gasteiger partial charge in [0.25, 0.3) is 0 Å². The predicted octanol–water partition coefficient (Wildman–Crippen LogP) is 0.325. The van der Waals surface area contributed by atoms with Gasteiger partial charge in [-0.15, -0.1) is 0 Å². The van der Waals surface area contributed by atoms with Crippen molar-refractivity contribution in [2.75, 3.05) is 0 Å². The van der Waals surface area contributed by atoms with Gasteiger partial charge in [-0.3, -0.25) is 4.79 Å². The largest absolute Gasteiger partial charge is 1.00 e. The molecule has 1 atom stereocenters. The van der Waals surface area contributed by atoms with Gasteiger partial charge in [0.2, 0.25) is 0 Å². The SMILES string of the molecule is N[C@@H](Cc1ccc(Oc2ccc([O-])c(I)c2I)c(I)c1)C(=O)O.[Na+]. The molecule has 0 fully saturated rings. The van der Waals surface area contributed by atoms with Crippen LogP contribution >= 0.6 is 67.8 Å². The third-order valence-electron chi connectivity index (χ3n) is 3.00. The van der Waals surface area contributed by atoms with Crippen molar-refractivity contribution in [3.05, 3.63) is 46.6 Å². The summed E-state index contributed by atoms with van der Waals surface area (Å²) in [4.78, 5) is 10.8. The summed E-state index contributed by atoms with van der Waals surface area (Å²) in [5.41, 5.74) is 6.38. The average molecular weight is 673 g/mol. The van der Waals surface area contributed by atoms with Crippen LogP contribution < -0.4 is 45.1 Å². The van der Waals surface area contributed by atoms with Gasteiger partial charge in [0.05, 0.1) is 7.14 Å². The van der Waals surface area contributed by atoms with Gasteiger partial charge < -0.3 is 20.7 Å². The van der Waals surface area contributed by atoms with E-state index in [1.165, 1.54) is 6.07 Å². The summed E-state index contributed by atoms with van der Waals surface area (Å²) < 4.78 is 8.11. The Morgan fingerprint density at radius 2 is 1.79 bits per heavy atom. The van der Waals surface area contributed by atoms with Crippen molar-refractivity contribution in [3.8, 4) is 17.2 Å². The molecule has 24 heavy (non-hydrogen) atoms. The molecule has 0 saturated heterocycles. The second-order valence-corrected chi connectivity index (χ2v) is 8.03. The number of rotatable bonds is 5. The smallest absolute Gasteiger partial charge is 0.872 e. The maximum Gasteiger partial charge on any atom is 1.00 e. The molecule has 0 aliphatic heterocycles. The van der Waals surface area contributed by atoms with Gasteiger partial charge in [0.15, 0.2) is 0 Å². The van der Waals surface area contributed by atoms with Crippen molar-refractivity contribution in [1.29, 1.82) is 0 Å². The van der Waals surface area contributed by atoms with E-state index < -0.39 is 12.0 Å². The van der Waals surface area contributed by atoms with Crippen LogP contribution in [0.5, 0.6) is 17.2 Å². The van der Waals surface area contributed by atoms with Crippen molar-refractivity contribution in [3.63, 3.8) is 0 Å². The third kappa shape index (κ3) is 5.84. The van der Waals surface area contributed by atoms with Crippen LogP contribution in [-0.4, -0.2) is 17.1 Å². The van der Waals surface area contributed by atoms with E-state index in [4.69, 9.17) is 15.6 Å². The zero-order valence-corrected chi connectivity index (χ0v) is 21.0. The van der Waals surface area contributed by atoms with Gasteiger partial charge in [0, 0.05) is 3.57 Å². The number of carboxylic acids is 1. The number of ether oxygens (including phenoxy) is 1. The van der Waals surface area contributed by atoms with Crippen LogP contribution in [0.4, 0.5) is 0 Å². The fourth-order valence-electron chi connectivity index (χ4n) is 1.81. The molecule has 0 aliphatic rings. The topological polar surface area (TPSA) is 95.6 Å². The Hall–Kier alpha value is 0.660. The summed E-state index contributed by atoms with van der Waals surface area (Å²) in [7, 11) is 0. The summed E-state index contributed by atoms with van der Waals surface area (Å²) in [6, 6.07) is 7.62. The number of aliphatic carboxylic acids is 1. The number of carboxylic acid groups (broad SMARTS) is 1. The van der Waals surface area contributed by atoms with Gasteiger partial charge in [-0.05, 0) is 98.0 Å². The normalized spacial score (nSPS) is 11.5. The summed E-state index contributed by atoms with van der Waals surface area (Å²) in [5, 5.41) is 20.4. The first-order valence-corrected chi connectivity index (χ1v) is 9.63. The molecule has 0 saturated carbocycles. The van der Waals surface area contributed by atoms with Crippen LogP contribution in [0.2, 0.25) is 0 Å². The molecular formula is C15H11I3NNaO4. The van der Waals surface area contributed by atoms with Gasteiger partial charge >= 0.3 is 35.5 Å². The third-order valence-corrected chi connectivity index (χ3v) is 7.02. The molecule has 2 aromatic rings. The molecule has 5 nitrogen and oxygen atoms in total. The summed E-state index contributed by atoms with van der Waals surface area (Å²) in [5.74, 6) is 0.199. The molecule has 0 spiro atoms. The number of nitrogens with two attached hydrogens (primary N) is 1. The Balaban J connectivity index is 0.00000288. The molecule has 0 aromatic heterocycles. The minimum absolute atomic E-state index is 0. The first-order chi connectivity index (χ1) is 10.8. The van der Waals surface area contributed by atoms with Crippen molar-refractivity contribution in [1.82, 2.24) is 0 Å². The van der Waals surface area contributed by atoms with Crippen molar-refractivity contribution >= 4 is 73.7 Å². The molecule has 0 radical (unpaired) electrons. The van der Waals surface area contributed by atoms with Gasteiger partial charge in [-0.2, -0.15) is 0 Å². The second kappa shape index (κ2) is 10.1. The molecule has 0 heterocycles. The molecule has 0 bridgehead atoms. The van der Waals surface area contributed by atoms with Gasteiger partial charge in [-0.1, -0.05) is 17.9 Å². The number of hydrogen-bond acceptors (Lipinski definition) is 4. The van der Waals surface area contributed by atoms with Crippen LogP contribution in [0.25, 0.3) is 0 Å². The number of halogens is 3. The summed E-state index contributed by atoms with van der Waals surface area (Å²) in [6.07, 6.45) is 0.256. The van der Waals surface area contributed by atoms with Crippen molar-refractivity contribution in [2.24, 2.45) is 5.73 Å². The average Bonchev–Trinajstić information content (AvgIpc) is 2.50. The predicted molar refractivity (Wildman–Crippen MR) is 110 cm³/mol. The molecular weight excluding hydrogens is 662 g/mol. The fraction of sp³-hybridized carbons (Fsp3) is 0.133. The Labute approximate surface area is 202 Å². The monoisotopic (exact) mass is 673 g/mol. The molecule has 0 unspecified atom stereocenters. The number of carbonyl (C=O) groups is 1. The van der Waals surface area contributed by atoms with Crippen molar-refractivity contribution in [2.45, 2.75) is 12.5 Å². The van der Waals surface area contributed by atoms with E-state index in [1.807, 2.05) is 28.7 Å². The molecule has 122 valence electrons. The Kier molecular flexibility index (Phi) is 9.57. The molecule has 2 aromatic carbocycles. The molecule has 3 N–H and O–H groups in total. The van der Waals surface area contributed by atoms with Crippen LogP contribution in [0.1, 0.15) is 5.56 Å². The number of benzene rings is 2. The fourth-order valence-corrected chi connectivity index (χ4v) is 3.50. The van der Waals surface area contributed by atoms with Crippen LogP contribution in [0.15, 0.2) is 30.3 Å². The first-order valence-electron chi connectivity index (χ1n) is 6.39. The van der Waals surface area contributed by atoms with E-state index in [9.17, 15) is 9.90 Å². The molecule has 2 rings (SSSR count).